The predicted molar refractivity (Wildman–Crippen MR) is 72.4 cm³/mol. The minimum absolute atomic E-state index is 0.0463. The van der Waals surface area contributed by atoms with E-state index in [1.807, 2.05) is 0 Å². The van der Waals surface area contributed by atoms with Gasteiger partial charge in [-0.05, 0) is 24.3 Å². The molecule has 1 aliphatic heterocycles. The summed E-state index contributed by atoms with van der Waals surface area (Å²) in [6, 6.07) is 8.95. The normalized spacial score (nSPS) is 15.9. The summed E-state index contributed by atoms with van der Waals surface area (Å²) in [5.74, 6) is -0.0110. The number of hydrogen-bond acceptors (Lipinski definition) is 6. The monoisotopic (exact) mass is 284 g/mol. The van der Waals surface area contributed by atoms with Crippen LogP contribution in [0.1, 0.15) is 11.3 Å². The molecule has 0 saturated carbocycles. The molecule has 2 heterocycles. The van der Waals surface area contributed by atoms with Crippen LogP contribution < -0.4 is 0 Å². The Kier molecular flexibility index (Phi) is 3.07. The van der Waals surface area contributed by atoms with Gasteiger partial charge in [0.25, 0.3) is 5.69 Å². The van der Waals surface area contributed by atoms with Crippen molar-refractivity contribution in [1.82, 2.24) is 0 Å². The van der Waals surface area contributed by atoms with Crippen molar-refractivity contribution < 1.29 is 18.9 Å². The maximum Gasteiger partial charge on any atom is 0.363 e. The molecule has 0 unspecified atom stereocenters. The fourth-order valence-corrected chi connectivity index (χ4v) is 1.77. The molecule has 0 spiro atoms. The minimum atomic E-state index is -0.597. The third-order valence-electron chi connectivity index (χ3n) is 2.77. The van der Waals surface area contributed by atoms with E-state index in [2.05, 4.69) is 4.99 Å². The zero-order valence-corrected chi connectivity index (χ0v) is 10.6. The smallest absolute Gasteiger partial charge is 0.363 e. The lowest BCUT2D eigenvalue weighted by atomic mass is 10.2. The van der Waals surface area contributed by atoms with Crippen LogP contribution >= 0.6 is 0 Å². The van der Waals surface area contributed by atoms with Crippen LogP contribution in [0.15, 0.2) is 57.8 Å². The Labute approximate surface area is 118 Å². The number of benzene rings is 1. The van der Waals surface area contributed by atoms with E-state index in [-0.39, 0.29) is 17.3 Å². The number of cyclic esters (lactones) is 1. The number of non-ortho nitro benzene ring substituents is 1. The molecule has 0 amide bonds. The molecule has 0 saturated heterocycles. The van der Waals surface area contributed by atoms with Crippen molar-refractivity contribution in [3.8, 4) is 0 Å². The Morgan fingerprint density at radius 1 is 1.19 bits per heavy atom. The van der Waals surface area contributed by atoms with Crippen LogP contribution in [0.2, 0.25) is 0 Å². The Hall–Kier alpha value is -3.22. The molecule has 1 aromatic carbocycles. The summed E-state index contributed by atoms with van der Waals surface area (Å²) < 4.78 is 10.1. The van der Waals surface area contributed by atoms with Crippen molar-refractivity contribution in [2.75, 3.05) is 0 Å². The van der Waals surface area contributed by atoms with Crippen molar-refractivity contribution in [1.29, 1.82) is 0 Å². The standard InChI is InChI=1S/C14H8N2O5/c17-14-12(8-11-2-1-7-20-11)15-13(21-14)9-3-5-10(6-4-9)16(18)19/h1-8H/b12-8-. The van der Waals surface area contributed by atoms with Gasteiger partial charge in [0.15, 0.2) is 5.70 Å². The lowest BCUT2D eigenvalue weighted by Crippen LogP contribution is -2.05. The zero-order valence-electron chi connectivity index (χ0n) is 10.6. The van der Waals surface area contributed by atoms with Gasteiger partial charge in [-0.1, -0.05) is 0 Å². The highest BCUT2D eigenvalue weighted by molar-refractivity contribution is 6.12. The number of nitrogens with zero attached hydrogens (tertiary/aromatic N) is 2. The van der Waals surface area contributed by atoms with Gasteiger partial charge < -0.3 is 9.15 Å². The number of furan rings is 1. The van der Waals surface area contributed by atoms with Crippen molar-refractivity contribution in [3.05, 3.63) is 69.8 Å². The van der Waals surface area contributed by atoms with Gasteiger partial charge in [0.1, 0.15) is 5.76 Å². The van der Waals surface area contributed by atoms with E-state index in [9.17, 15) is 14.9 Å². The van der Waals surface area contributed by atoms with Crippen molar-refractivity contribution >= 4 is 23.6 Å². The fourth-order valence-electron chi connectivity index (χ4n) is 1.77. The molecule has 104 valence electrons. The first kappa shape index (κ1) is 12.8. The number of rotatable bonds is 3. The molecular weight excluding hydrogens is 276 g/mol. The van der Waals surface area contributed by atoms with E-state index in [4.69, 9.17) is 9.15 Å². The third kappa shape index (κ3) is 2.57. The lowest BCUT2D eigenvalue weighted by molar-refractivity contribution is -0.384. The number of hydrogen-bond donors (Lipinski definition) is 0. The van der Waals surface area contributed by atoms with Gasteiger partial charge in [-0.15, -0.1) is 0 Å². The van der Waals surface area contributed by atoms with Crippen LogP contribution in [0, 0.1) is 10.1 Å². The highest BCUT2D eigenvalue weighted by Crippen LogP contribution is 2.20. The topological polar surface area (TPSA) is 94.9 Å². The molecular formula is C14H8N2O5. The molecule has 2 aromatic rings. The second-order valence-corrected chi connectivity index (χ2v) is 4.16. The van der Waals surface area contributed by atoms with E-state index in [0.29, 0.717) is 11.3 Å². The molecule has 7 nitrogen and oxygen atoms in total. The summed E-state index contributed by atoms with van der Waals surface area (Å²) in [5, 5.41) is 10.6. The summed E-state index contributed by atoms with van der Waals surface area (Å²) in [6.07, 6.45) is 2.94. The van der Waals surface area contributed by atoms with Crippen molar-refractivity contribution in [3.63, 3.8) is 0 Å². The molecule has 0 fully saturated rings. The van der Waals surface area contributed by atoms with Gasteiger partial charge in [-0.25, -0.2) is 9.79 Å². The van der Waals surface area contributed by atoms with Crippen LogP contribution in [-0.4, -0.2) is 16.8 Å². The van der Waals surface area contributed by atoms with Gasteiger partial charge in [0, 0.05) is 23.8 Å². The molecule has 3 rings (SSSR count). The molecule has 0 bridgehead atoms. The summed E-state index contributed by atoms with van der Waals surface area (Å²) in [6.45, 7) is 0. The number of aliphatic imine (C=N–C) groups is 1. The Balaban J connectivity index is 1.89. The third-order valence-corrected chi connectivity index (χ3v) is 2.77. The zero-order chi connectivity index (χ0) is 14.8. The summed E-state index contributed by atoms with van der Waals surface area (Å²) >= 11 is 0. The number of carbonyl (C=O) groups excluding carboxylic acids is 1. The molecule has 0 aliphatic carbocycles. The maximum absolute atomic E-state index is 11.7. The fraction of sp³-hybridized carbons (Fsp3) is 0. The quantitative estimate of drug-likeness (QED) is 0.373. The van der Waals surface area contributed by atoms with Gasteiger partial charge in [0.2, 0.25) is 5.90 Å². The van der Waals surface area contributed by atoms with Gasteiger partial charge >= 0.3 is 5.97 Å². The lowest BCUT2D eigenvalue weighted by Gasteiger charge is -1.98. The SMILES string of the molecule is O=C1OC(c2ccc([N+](=O)[O-])cc2)=N/C1=C\c1ccco1. The highest BCUT2D eigenvalue weighted by atomic mass is 16.6. The molecule has 7 heteroatoms. The minimum Gasteiger partial charge on any atom is -0.465 e. The van der Waals surface area contributed by atoms with Crippen molar-refractivity contribution in [2.24, 2.45) is 4.99 Å². The average Bonchev–Trinajstić information content (AvgIpc) is 3.10. The highest BCUT2D eigenvalue weighted by Gasteiger charge is 2.24. The molecule has 0 radical (unpaired) electrons. The first-order valence-electron chi connectivity index (χ1n) is 5.94. The number of esters is 1. The summed E-state index contributed by atoms with van der Waals surface area (Å²) in [5.41, 5.74) is 0.546. The van der Waals surface area contributed by atoms with E-state index in [1.165, 1.54) is 36.6 Å². The summed E-state index contributed by atoms with van der Waals surface area (Å²) in [7, 11) is 0. The molecule has 0 N–H and O–H groups in total. The second-order valence-electron chi connectivity index (χ2n) is 4.16. The van der Waals surface area contributed by atoms with E-state index >= 15 is 0 Å². The van der Waals surface area contributed by atoms with Gasteiger partial charge in [-0.2, -0.15) is 0 Å². The van der Waals surface area contributed by atoms with Crippen LogP contribution in [0.5, 0.6) is 0 Å². The molecule has 1 aliphatic rings. The Morgan fingerprint density at radius 2 is 1.95 bits per heavy atom. The largest absolute Gasteiger partial charge is 0.465 e. The number of nitro groups is 1. The predicted octanol–water partition coefficient (Wildman–Crippen LogP) is 2.53. The van der Waals surface area contributed by atoms with Crippen LogP contribution in [0.4, 0.5) is 5.69 Å². The van der Waals surface area contributed by atoms with E-state index < -0.39 is 10.9 Å². The summed E-state index contributed by atoms with van der Waals surface area (Å²) in [4.78, 5) is 25.8. The molecule has 1 aromatic heterocycles. The first-order valence-corrected chi connectivity index (χ1v) is 5.94. The van der Waals surface area contributed by atoms with Crippen LogP contribution in [0.25, 0.3) is 6.08 Å². The number of carbonyl (C=O) groups is 1. The van der Waals surface area contributed by atoms with Gasteiger partial charge in [0.05, 0.1) is 11.2 Å². The maximum atomic E-state index is 11.7. The van der Waals surface area contributed by atoms with E-state index in [0.717, 1.165) is 0 Å². The molecule has 0 atom stereocenters. The Morgan fingerprint density at radius 3 is 2.57 bits per heavy atom. The Bertz CT molecular complexity index is 757. The van der Waals surface area contributed by atoms with Crippen molar-refractivity contribution in [2.45, 2.75) is 0 Å². The van der Waals surface area contributed by atoms with Crippen LogP contribution in [-0.2, 0) is 9.53 Å². The number of ether oxygens (including phenoxy) is 1. The van der Waals surface area contributed by atoms with Gasteiger partial charge in [-0.3, -0.25) is 10.1 Å². The van der Waals surface area contributed by atoms with E-state index in [1.54, 1.807) is 12.1 Å². The average molecular weight is 284 g/mol. The van der Waals surface area contributed by atoms with Crippen LogP contribution in [0.3, 0.4) is 0 Å². The molecule has 21 heavy (non-hydrogen) atoms. The number of nitro benzene ring substituents is 1. The second kappa shape index (κ2) is 5.04. The first-order chi connectivity index (χ1) is 10.1.